The number of imidazole rings is 1. The van der Waals surface area contributed by atoms with E-state index < -0.39 is 0 Å². The van der Waals surface area contributed by atoms with Gasteiger partial charge in [0.05, 0.1) is 5.69 Å². The summed E-state index contributed by atoms with van der Waals surface area (Å²) in [4.78, 5) is 5.68. The molecule has 1 N–H and O–H groups in total. The molecule has 0 saturated heterocycles. The van der Waals surface area contributed by atoms with Crippen molar-refractivity contribution in [2.24, 2.45) is 5.92 Å². The van der Waals surface area contributed by atoms with Gasteiger partial charge in [-0.25, -0.2) is 9.37 Å². The van der Waals surface area contributed by atoms with Crippen molar-refractivity contribution < 1.29 is 4.39 Å². The van der Waals surface area contributed by atoms with Crippen LogP contribution in [0.1, 0.15) is 11.3 Å². The molecule has 1 atom stereocenters. The van der Waals surface area contributed by atoms with E-state index >= 15 is 0 Å². The molecule has 0 saturated carbocycles. The molecule has 0 aliphatic heterocycles. The minimum atomic E-state index is -0.182. The molecule has 2 aromatic heterocycles. The fourth-order valence-corrected chi connectivity index (χ4v) is 3.35. The zero-order chi connectivity index (χ0) is 14.7. The molecule has 0 radical (unpaired) electrons. The van der Waals surface area contributed by atoms with E-state index in [9.17, 15) is 4.39 Å². The predicted molar refractivity (Wildman–Crippen MR) is 84.3 cm³/mol. The van der Waals surface area contributed by atoms with Gasteiger partial charge in [-0.1, -0.05) is 12.1 Å². The molecule has 110 valence electrons. The van der Waals surface area contributed by atoms with Crippen LogP contribution >= 0.6 is 11.3 Å². The molecule has 0 bridgehead atoms. The van der Waals surface area contributed by atoms with Crippen molar-refractivity contribution in [1.29, 1.82) is 0 Å². The molecule has 3 rings (SSSR count). The lowest BCUT2D eigenvalue weighted by atomic mass is 9.95. The molecule has 0 amide bonds. The molecule has 1 aromatic carbocycles. The van der Waals surface area contributed by atoms with Crippen molar-refractivity contribution in [3.05, 3.63) is 59.1 Å². The van der Waals surface area contributed by atoms with E-state index in [2.05, 4.69) is 20.9 Å². The van der Waals surface area contributed by atoms with Crippen molar-refractivity contribution >= 4 is 16.3 Å². The minimum absolute atomic E-state index is 0.182. The Kier molecular flexibility index (Phi) is 4.31. The Hall–Kier alpha value is -1.72. The number of benzene rings is 1. The average molecular weight is 303 g/mol. The van der Waals surface area contributed by atoms with Crippen LogP contribution in [0.5, 0.6) is 0 Å². The Morgan fingerprint density at radius 1 is 1.29 bits per heavy atom. The van der Waals surface area contributed by atoms with Crippen molar-refractivity contribution in [3.63, 3.8) is 0 Å². The fourth-order valence-electron chi connectivity index (χ4n) is 2.63. The quantitative estimate of drug-likeness (QED) is 0.758. The van der Waals surface area contributed by atoms with E-state index in [1.807, 2.05) is 30.8 Å². The first kappa shape index (κ1) is 14.2. The number of thiazole rings is 1. The monoisotopic (exact) mass is 303 g/mol. The number of aromatic nitrogens is 2. The average Bonchev–Trinajstić information content (AvgIpc) is 3.02. The van der Waals surface area contributed by atoms with Crippen LogP contribution in [0, 0.1) is 11.7 Å². The van der Waals surface area contributed by atoms with E-state index in [0.717, 1.165) is 35.6 Å². The summed E-state index contributed by atoms with van der Waals surface area (Å²) < 4.78 is 15.0. The Morgan fingerprint density at radius 2 is 2.10 bits per heavy atom. The highest BCUT2D eigenvalue weighted by atomic mass is 32.1. The van der Waals surface area contributed by atoms with Crippen molar-refractivity contribution in [3.8, 4) is 0 Å². The van der Waals surface area contributed by atoms with E-state index in [4.69, 9.17) is 0 Å². The maximum Gasteiger partial charge on any atom is 0.193 e. The first-order valence-corrected chi connectivity index (χ1v) is 7.92. The van der Waals surface area contributed by atoms with Gasteiger partial charge in [-0.05, 0) is 50.0 Å². The number of rotatable bonds is 6. The second-order valence-electron chi connectivity index (χ2n) is 5.28. The van der Waals surface area contributed by atoms with Crippen LogP contribution in [0.3, 0.4) is 0 Å². The summed E-state index contributed by atoms with van der Waals surface area (Å²) >= 11 is 1.65. The van der Waals surface area contributed by atoms with Gasteiger partial charge >= 0.3 is 0 Å². The predicted octanol–water partition coefficient (Wildman–Crippen LogP) is 3.16. The van der Waals surface area contributed by atoms with Gasteiger partial charge < -0.3 is 5.32 Å². The normalized spacial score (nSPS) is 12.9. The lowest BCUT2D eigenvalue weighted by molar-refractivity contribution is 0.488. The van der Waals surface area contributed by atoms with E-state index in [-0.39, 0.29) is 5.82 Å². The molecule has 3 aromatic rings. The summed E-state index contributed by atoms with van der Waals surface area (Å²) in [6.45, 7) is 0.919. The molecule has 0 aliphatic carbocycles. The van der Waals surface area contributed by atoms with Gasteiger partial charge in [0.2, 0.25) is 0 Å². The lowest BCUT2D eigenvalue weighted by Gasteiger charge is -2.15. The Bertz CT molecular complexity index is 673. The molecule has 0 aliphatic rings. The topological polar surface area (TPSA) is 29.3 Å². The number of nitrogens with zero attached hydrogens (tertiary/aromatic N) is 2. The third kappa shape index (κ3) is 3.49. The van der Waals surface area contributed by atoms with Crippen molar-refractivity contribution in [2.45, 2.75) is 12.8 Å². The molecule has 21 heavy (non-hydrogen) atoms. The Morgan fingerprint density at radius 3 is 2.81 bits per heavy atom. The summed E-state index contributed by atoms with van der Waals surface area (Å²) in [7, 11) is 1.96. The zero-order valence-electron chi connectivity index (χ0n) is 11.9. The standard InChI is InChI=1S/C16H18FN3S/c1-18-10-13(8-12-2-4-14(17)5-3-12)9-15-11-20-6-7-21-16(20)19-15/h2-7,11,13,18H,8-10H2,1H3. The SMILES string of the molecule is CNCC(Cc1ccc(F)cc1)Cc1cn2ccsc2n1. The second kappa shape index (κ2) is 6.37. The molecular formula is C16H18FN3S. The van der Waals surface area contributed by atoms with Crippen LogP contribution in [0.4, 0.5) is 4.39 Å². The maximum atomic E-state index is 13.0. The van der Waals surface area contributed by atoms with Crippen LogP contribution in [-0.4, -0.2) is 23.0 Å². The second-order valence-corrected chi connectivity index (χ2v) is 6.16. The molecule has 0 spiro atoms. The molecule has 5 heteroatoms. The number of fused-ring (bicyclic) bond motifs is 1. The third-order valence-electron chi connectivity index (χ3n) is 3.57. The van der Waals surface area contributed by atoms with Crippen LogP contribution < -0.4 is 5.32 Å². The van der Waals surface area contributed by atoms with Crippen LogP contribution in [0.15, 0.2) is 42.0 Å². The summed E-state index contributed by atoms with van der Waals surface area (Å²) in [6.07, 6.45) is 5.97. The van der Waals surface area contributed by atoms with Gasteiger partial charge in [-0.3, -0.25) is 4.40 Å². The van der Waals surface area contributed by atoms with E-state index in [1.165, 1.54) is 12.1 Å². The van der Waals surface area contributed by atoms with Gasteiger partial charge in [0.25, 0.3) is 0 Å². The Balaban J connectivity index is 1.71. The maximum absolute atomic E-state index is 13.0. The first-order chi connectivity index (χ1) is 10.2. The third-order valence-corrected chi connectivity index (χ3v) is 4.34. The summed E-state index contributed by atoms with van der Waals surface area (Å²) in [5.41, 5.74) is 2.28. The largest absolute Gasteiger partial charge is 0.319 e. The fraction of sp³-hybridized carbons (Fsp3) is 0.312. The molecule has 0 fully saturated rings. The molecular weight excluding hydrogens is 285 g/mol. The summed E-state index contributed by atoms with van der Waals surface area (Å²) in [5.74, 6) is 0.267. The number of hydrogen-bond donors (Lipinski definition) is 1. The van der Waals surface area contributed by atoms with Crippen LogP contribution in [-0.2, 0) is 12.8 Å². The van der Waals surface area contributed by atoms with Crippen molar-refractivity contribution in [1.82, 2.24) is 14.7 Å². The highest BCUT2D eigenvalue weighted by Gasteiger charge is 2.13. The van der Waals surface area contributed by atoms with Crippen molar-refractivity contribution in [2.75, 3.05) is 13.6 Å². The molecule has 3 nitrogen and oxygen atoms in total. The highest BCUT2D eigenvalue weighted by Crippen LogP contribution is 2.17. The molecule has 2 heterocycles. The van der Waals surface area contributed by atoms with Gasteiger partial charge in [0.1, 0.15) is 5.82 Å². The minimum Gasteiger partial charge on any atom is -0.319 e. The van der Waals surface area contributed by atoms with E-state index in [0.29, 0.717) is 5.92 Å². The van der Waals surface area contributed by atoms with Gasteiger partial charge in [-0.2, -0.15) is 0 Å². The highest BCUT2D eigenvalue weighted by molar-refractivity contribution is 7.15. The van der Waals surface area contributed by atoms with Gasteiger partial charge in [0, 0.05) is 17.8 Å². The number of hydrogen-bond acceptors (Lipinski definition) is 3. The summed E-state index contributed by atoms with van der Waals surface area (Å²) in [6, 6.07) is 6.78. The van der Waals surface area contributed by atoms with Gasteiger partial charge in [-0.15, -0.1) is 11.3 Å². The van der Waals surface area contributed by atoms with Crippen LogP contribution in [0.2, 0.25) is 0 Å². The van der Waals surface area contributed by atoms with Crippen LogP contribution in [0.25, 0.3) is 4.96 Å². The Labute approximate surface area is 127 Å². The smallest absolute Gasteiger partial charge is 0.193 e. The zero-order valence-corrected chi connectivity index (χ0v) is 12.7. The molecule has 1 unspecified atom stereocenters. The summed E-state index contributed by atoms with van der Waals surface area (Å²) in [5, 5.41) is 5.28. The number of halogens is 1. The lowest BCUT2D eigenvalue weighted by Crippen LogP contribution is -2.23. The van der Waals surface area contributed by atoms with Gasteiger partial charge in [0.15, 0.2) is 4.96 Å². The number of nitrogens with one attached hydrogen (secondary N) is 1. The van der Waals surface area contributed by atoms with E-state index in [1.54, 1.807) is 11.3 Å². The first-order valence-electron chi connectivity index (χ1n) is 7.04.